The molecule has 2 aliphatic heterocycles. The van der Waals surface area contributed by atoms with Gasteiger partial charge in [-0.15, -0.1) is 5.10 Å². The van der Waals surface area contributed by atoms with E-state index in [0.29, 0.717) is 23.5 Å². The van der Waals surface area contributed by atoms with Gasteiger partial charge in [-0.05, 0) is 36.0 Å². The second kappa shape index (κ2) is 7.84. The number of methoxy groups -OCH3 is 1. The van der Waals surface area contributed by atoms with Gasteiger partial charge in [-0.1, -0.05) is 22.8 Å². The van der Waals surface area contributed by atoms with E-state index in [1.165, 1.54) is 11.3 Å². The van der Waals surface area contributed by atoms with E-state index in [9.17, 15) is 0 Å². The number of ether oxygens (including phenoxy) is 3. The number of hydrogen-bond donors (Lipinski definition) is 0. The molecule has 2 aliphatic rings. The largest absolute Gasteiger partial charge is 0.494 e. The lowest BCUT2D eigenvalue weighted by Crippen LogP contribution is -2.32. The van der Waals surface area contributed by atoms with Gasteiger partial charge in [0.15, 0.2) is 0 Å². The molecule has 142 valence electrons. The fraction of sp³-hybridized carbons (Fsp3) is 0.389. The Morgan fingerprint density at radius 3 is 2.96 bits per heavy atom. The average molecular weight is 407 g/mol. The molecule has 4 rings (SSSR count). The van der Waals surface area contributed by atoms with Crippen LogP contribution in [0.25, 0.3) is 5.57 Å². The third kappa shape index (κ3) is 3.78. The molecule has 9 heteroatoms. The van der Waals surface area contributed by atoms with Gasteiger partial charge < -0.3 is 19.1 Å². The van der Waals surface area contributed by atoms with Gasteiger partial charge in [-0.25, -0.2) is 4.98 Å². The SMILES string of the molecule is COC1=C(C)N(c2nnc(OC[C@@H]3CCO3)s2)CC=C1c1ccnc(Cl)c1. The summed E-state index contributed by atoms with van der Waals surface area (Å²) >= 11 is 7.45. The zero-order valence-electron chi connectivity index (χ0n) is 15.0. The van der Waals surface area contributed by atoms with Crippen molar-refractivity contribution in [1.82, 2.24) is 15.2 Å². The Kier molecular flexibility index (Phi) is 5.29. The van der Waals surface area contributed by atoms with Gasteiger partial charge in [0.2, 0.25) is 5.13 Å². The summed E-state index contributed by atoms with van der Waals surface area (Å²) in [5.41, 5.74) is 2.90. The fourth-order valence-corrected chi connectivity index (χ4v) is 3.92. The monoisotopic (exact) mass is 406 g/mol. The van der Waals surface area contributed by atoms with E-state index in [0.717, 1.165) is 40.8 Å². The van der Waals surface area contributed by atoms with Crippen LogP contribution in [-0.2, 0) is 9.47 Å². The average Bonchev–Trinajstić information content (AvgIpc) is 3.08. The van der Waals surface area contributed by atoms with Crippen LogP contribution in [0.1, 0.15) is 18.9 Å². The topological polar surface area (TPSA) is 69.6 Å². The first kappa shape index (κ1) is 18.2. The van der Waals surface area contributed by atoms with Crippen LogP contribution in [0.5, 0.6) is 5.19 Å². The lowest BCUT2D eigenvalue weighted by atomic mass is 10.0. The molecular weight excluding hydrogens is 388 g/mol. The van der Waals surface area contributed by atoms with E-state index in [-0.39, 0.29) is 6.10 Å². The second-order valence-corrected chi connectivity index (χ2v) is 7.46. The molecule has 0 spiro atoms. The van der Waals surface area contributed by atoms with Crippen LogP contribution in [-0.4, -0.2) is 48.2 Å². The highest BCUT2D eigenvalue weighted by Crippen LogP contribution is 2.36. The van der Waals surface area contributed by atoms with E-state index < -0.39 is 0 Å². The maximum Gasteiger partial charge on any atom is 0.295 e. The van der Waals surface area contributed by atoms with Crippen molar-refractivity contribution in [1.29, 1.82) is 0 Å². The Hall–Kier alpha value is -2.16. The fourth-order valence-electron chi connectivity index (χ4n) is 2.98. The van der Waals surface area contributed by atoms with Crippen molar-refractivity contribution in [3.8, 4) is 5.19 Å². The first-order chi connectivity index (χ1) is 13.2. The van der Waals surface area contributed by atoms with Crippen molar-refractivity contribution in [2.24, 2.45) is 0 Å². The zero-order valence-corrected chi connectivity index (χ0v) is 16.6. The minimum Gasteiger partial charge on any atom is -0.494 e. The smallest absolute Gasteiger partial charge is 0.295 e. The van der Waals surface area contributed by atoms with Crippen LogP contribution in [0.3, 0.4) is 0 Å². The molecule has 0 N–H and O–H groups in total. The minimum atomic E-state index is 0.173. The Morgan fingerprint density at radius 1 is 1.41 bits per heavy atom. The van der Waals surface area contributed by atoms with Crippen LogP contribution in [0.4, 0.5) is 5.13 Å². The molecule has 0 aromatic carbocycles. The number of allylic oxidation sites excluding steroid dienone is 2. The summed E-state index contributed by atoms with van der Waals surface area (Å²) < 4.78 is 16.7. The predicted octanol–water partition coefficient (Wildman–Crippen LogP) is 3.54. The normalized spacial score (nSPS) is 19.6. The maximum atomic E-state index is 6.04. The molecule has 2 aromatic rings. The van der Waals surface area contributed by atoms with E-state index >= 15 is 0 Å². The second-order valence-electron chi connectivity index (χ2n) is 6.16. The first-order valence-electron chi connectivity index (χ1n) is 8.58. The summed E-state index contributed by atoms with van der Waals surface area (Å²) in [6.07, 6.45) is 4.98. The highest BCUT2D eigenvalue weighted by Gasteiger charge is 2.25. The maximum absolute atomic E-state index is 6.04. The van der Waals surface area contributed by atoms with Crippen LogP contribution in [0.2, 0.25) is 5.15 Å². The third-order valence-electron chi connectivity index (χ3n) is 4.51. The van der Waals surface area contributed by atoms with Crippen molar-refractivity contribution in [3.05, 3.63) is 46.6 Å². The Bertz CT molecular complexity index is 894. The van der Waals surface area contributed by atoms with Crippen LogP contribution >= 0.6 is 22.9 Å². The van der Waals surface area contributed by atoms with E-state index in [4.69, 9.17) is 25.8 Å². The number of anilines is 1. The summed E-state index contributed by atoms with van der Waals surface area (Å²) in [7, 11) is 1.66. The van der Waals surface area contributed by atoms with Crippen LogP contribution in [0.15, 0.2) is 35.9 Å². The van der Waals surface area contributed by atoms with Crippen molar-refractivity contribution in [2.45, 2.75) is 19.4 Å². The van der Waals surface area contributed by atoms with Crippen LogP contribution in [0, 0.1) is 0 Å². The Balaban J connectivity index is 1.53. The molecular formula is C18H19ClN4O3S. The molecule has 27 heavy (non-hydrogen) atoms. The molecule has 1 fully saturated rings. The van der Waals surface area contributed by atoms with Gasteiger partial charge >= 0.3 is 0 Å². The highest BCUT2D eigenvalue weighted by molar-refractivity contribution is 7.17. The summed E-state index contributed by atoms with van der Waals surface area (Å²) in [5, 5.41) is 10.2. The van der Waals surface area contributed by atoms with E-state index in [2.05, 4.69) is 26.2 Å². The molecule has 7 nitrogen and oxygen atoms in total. The molecule has 0 aliphatic carbocycles. The predicted molar refractivity (Wildman–Crippen MR) is 104 cm³/mol. The van der Waals surface area contributed by atoms with E-state index in [1.807, 2.05) is 19.1 Å². The summed E-state index contributed by atoms with van der Waals surface area (Å²) in [5.74, 6) is 0.768. The van der Waals surface area contributed by atoms with E-state index in [1.54, 1.807) is 13.3 Å². The Labute approximate surface area is 166 Å². The summed E-state index contributed by atoms with van der Waals surface area (Å²) in [6.45, 7) is 3.97. The first-order valence-corrected chi connectivity index (χ1v) is 9.78. The summed E-state index contributed by atoms with van der Waals surface area (Å²) in [6, 6.07) is 3.74. The van der Waals surface area contributed by atoms with Gasteiger partial charge in [-0.2, -0.15) is 0 Å². The molecule has 1 saturated heterocycles. The summed E-state index contributed by atoms with van der Waals surface area (Å²) in [4.78, 5) is 6.09. The molecule has 2 aromatic heterocycles. The number of hydrogen-bond acceptors (Lipinski definition) is 8. The molecule has 1 atom stereocenters. The highest BCUT2D eigenvalue weighted by atomic mass is 35.5. The van der Waals surface area contributed by atoms with Crippen LogP contribution < -0.4 is 9.64 Å². The van der Waals surface area contributed by atoms with Gasteiger partial charge in [0.25, 0.3) is 5.19 Å². The molecule has 0 saturated carbocycles. The number of pyridine rings is 1. The quantitative estimate of drug-likeness (QED) is 0.679. The molecule has 4 heterocycles. The lowest BCUT2D eigenvalue weighted by molar-refractivity contribution is -0.0721. The zero-order chi connectivity index (χ0) is 18.8. The minimum absolute atomic E-state index is 0.173. The number of halogens is 1. The van der Waals surface area contributed by atoms with Crippen molar-refractivity contribution in [2.75, 3.05) is 31.8 Å². The van der Waals surface area contributed by atoms with Gasteiger partial charge in [0.05, 0.1) is 18.9 Å². The van der Waals surface area contributed by atoms with Crippen molar-refractivity contribution >= 4 is 33.6 Å². The lowest BCUT2D eigenvalue weighted by Gasteiger charge is -2.28. The van der Waals surface area contributed by atoms with Gasteiger partial charge in [0, 0.05) is 31.3 Å². The molecule has 0 bridgehead atoms. The number of nitrogens with zero attached hydrogens (tertiary/aromatic N) is 4. The molecule has 0 unspecified atom stereocenters. The van der Waals surface area contributed by atoms with Gasteiger partial charge in [0.1, 0.15) is 17.5 Å². The molecule has 0 radical (unpaired) electrons. The standard InChI is InChI=1S/C18H19ClN4O3S/c1-11-16(24-2)14(12-3-6-20-15(19)9-12)4-7-23(11)17-21-22-18(27-17)26-10-13-5-8-25-13/h3-4,6,9,13H,5,7-8,10H2,1-2H3/t13-/m0/s1. The van der Waals surface area contributed by atoms with Gasteiger partial charge in [-0.3, -0.25) is 0 Å². The number of aromatic nitrogens is 3. The van der Waals surface area contributed by atoms with Crippen molar-refractivity contribution in [3.63, 3.8) is 0 Å². The third-order valence-corrected chi connectivity index (χ3v) is 5.58. The number of rotatable bonds is 6. The Morgan fingerprint density at radius 2 is 2.26 bits per heavy atom. The van der Waals surface area contributed by atoms with Crippen molar-refractivity contribution < 1.29 is 14.2 Å². The molecule has 0 amide bonds.